The molecule has 0 atom stereocenters. The average molecular weight is 138 g/mol. The molecule has 0 spiro atoms. The summed E-state index contributed by atoms with van der Waals surface area (Å²) < 4.78 is 0. The summed E-state index contributed by atoms with van der Waals surface area (Å²) in [5.74, 6) is 1.48. The first-order chi connectivity index (χ1) is 4.79. The Balaban J connectivity index is 2.13. The van der Waals surface area contributed by atoms with E-state index in [0.717, 1.165) is 11.6 Å². The van der Waals surface area contributed by atoms with Crippen LogP contribution in [-0.2, 0) is 0 Å². The fraction of sp³-hybridized carbons (Fsp3) is 0. The van der Waals surface area contributed by atoms with Crippen LogP contribution in [0.3, 0.4) is 0 Å². The van der Waals surface area contributed by atoms with Crippen molar-refractivity contribution in [1.29, 1.82) is 0 Å². The van der Waals surface area contributed by atoms with Crippen LogP contribution in [0.4, 0.5) is 4.79 Å². The molecular formula is C5H6N4O. The Hall–Kier alpha value is -1.65. The van der Waals surface area contributed by atoms with Crippen molar-refractivity contribution in [3.8, 4) is 0 Å². The molecule has 0 unspecified atom stereocenters. The lowest BCUT2D eigenvalue weighted by Crippen LogP contribution is -2.32. The van der Waals surface area contributed by atoms with Crippen LogP contribution < -0.4 is 16.4 Å². The first-order valence-corrected chi connectivity index (χ1v) is 2.82. The van der Waals surface area contributed by atoms with E-state index in [0.29, 0.717) is 0 Å². The second kappa shape index (κ2) is 1.44. The molecule has 2 aliphatic heterocycles. The molecule has 52 valence electrons. The maximum atomic E-state index is 10.6. The fourth-order valence-corrected chi connectivity index (χ4v) is 0.690. The summed E-state index contributed by atoms with van der Waals surface area (Å²) >= 11 is 0. The number of urea groups is 1. The summed E-state index contributed by atoms with van der Waals surface area (Å²) in [5.41, 5.74) is 5.04. The largest absolute Gasteiger partial charge is 0.351 e. The van der Waals surface area contributed by atoms with E-state index < -0.39 is 6.03 Å². The number of rotatable bonds is 2. The van der Waals surface area contributed by atoms with E-state index in [-0.39, 0.29) is 0 Å². The minimum Gasteiger partial charge on any atom is -0.351 e. The van der Waals surface area contributed by atoms with Crippen LogP contribution in [0.2, 0.25) is 0 Å². The molecule has 0 aliphatic carbocycles. The van der Waals surface area contributed by atoms with Crippen LogP contribution in [0.25, 0.3) is 0 Å². The van der Waals surface area contributed by atoms with Gasteiger partial charge in [-0.3, -0.25) is 0 Å². The van der Waals surface area contributed by atoms with Gasteiger partial charge in [-0.2, -0.15) is 0 Å². The first-order valence-electron chi connectivity index (χ1n) is 2.82. The van der Waals surface area contributed by atoms with Crippen molar-refractivity contribution >= 4 is 6.03 Å². The smallest absolute Gasteiger partial charge is 0.326 e. The van der Waals surface area contributed by atoms with Gasteiger partial charge in [0.2, 0.25) is 0 Å². The highest BCUT2D eigenvalue weighted by atomic mass is 16.2. The molecule has 2 rings (SSSR count). The number of nitrogens with two attached hydrogens (primary N) is 1. The van der Waals surface area contributed by atoms with E-state index in [1.165, 1.54) is 4.90 Å². The van der Waals surface area contributed by atoms with E-state index in [9.17, 15) is 4.79 Å². The van der Waals surface area contributed by atoms with Crippen LogP contribution in [0.5, 0.6) is 0 Å². The van der Waals surface area contributed by atoms with Crippen molar-refractivity contribution in [2.24, 2.45) is 5.73 Å². The van der Waals surface area contributed by atoms with Gasteiger partial charge in [0, 0.05) is 12.4 Å². The van der Waals surface area contributed by atoms with Crippen LogP contribution in [0.15, 0.2) is 24.0 Å². The van der Waals surface area contributed by atoms with Crippen molar-refractivity contribution in [2.75, 3.05) is 0 Å². The Morgan fingerprint density at radius 1 is 1.40 bits per heavy atom. The molecule has 2 amide bonds. The lowest BCUT2D eigenvalue weighted by atomic mass is 10.7. The minimum absolute atomic E-state index is 0.479. The number of hydrogen-bond acceptors (Lipinski definition) is 3. The molecule has 0 aromatic carbocycles. The molecule has 0 saturated carbocycles. The fourth-order valence-electron chi connectivity index (χ4n) is 0.690. The molecule has 4 N–H and O–H groups in total. The Bertz CT molecular complexity index is 232. The quantitative estimate of drug-likeness (QED) is 0.465. The number of nitrogens with one attached hydrogen (secondary N) is 2. The molecular weight excluding hydrogens is 132 g/mol. The number of nitrogens with zero attached hydrogens (tertiary/aromatic N) is 1. The van der Waals surface area contributed by atoms with Gasteiger partial charge in [0.1, 0.15) is 11.6 Å². The molecule has 0 bridgehead atoms. The number of amides is 2. The van der Waals surface area contributed by atoms with E-state index in [2.05, 4.69) is 10.6 Å². The van der Waals surface area contributed by atoms with Crippen LogP contribution in [-0.4, -0.2) is 10.9 Å². The van der Waals surface area contributed by atoms with E-state index in [1.54, 1.807) is 12.4 Å². The minimum atomic E-state index is -0.479. The normalized spacial score (nSPS) is 17.6. The van der Waals surface area contributed by atoms with Gasteiger partial charge in [0.05, 0.1) is 0 Å². The average Bonchev–Trinajstić information content (AvgIpc) is 2.49. The van der Waals surface area contributed by atoms with Crippen molar-refractivity contribution in [3.63, 3.8) is 0 Å². The molecule has 0 aromatic rings. The van der Waals surface area contributed by atoms with Gasteiger partial charge >= 0.3 is 6.03 Å². The molecule has 5 heteroatoms. The topological polar surface area (TPSA) is 90.2 Å². The maximum absolute atomic E-state index is 10.6. The lowest BCUT2D eigenvalue weighted by Gasteiger charge is -2.09. The number of primary amides is 1. The van der Waals surface area contributed by atoms with Gasteiger partial charge in [0.25, 0.3) is 0 Å². The summed E-state index contributed by atoms with van der Waals surface area (Å²) in [7, 11) is 0. The molecule has 2 heterocycles. The zero-order valence-electron chi connectivity index (χ0n) is 5.09. The SMILES string of the molecule is NC(=O)N(C1=CN1)C1=CN1. The summed E-state index contributed by atoms with van der Waals surface area (Å²) in [4.78, 5) is 12.0. The van der Waals surface area contributed by atoms with Crippen LogP contribution >= 0.6 is 0 Å². The molecule has 10 heavy (non-hydrogen) atoms. The molecule has 2 aliphatic rings. The Kier molecular flexibility index (Phi) is 0.743. The van der Waals surface area contributed by atoms with Crippen molar-refractivity contribution in [1.82, 2.24) is 15.5 Å². The molecule has 0 aromatic heterocycles. The van der Waals surface area contributed by atoms with Gasteiger partial charge < -0.3 is 16.4 Å². The van der Waals surface area contributed by atoms with Gasteiger partial charge in [0.15, 0.2) is 0 Å². The molecule has 5 nitrogen and oxygen atoms in total. The van der Waals surface area contributed by atoms with E-state index >= 15 is 0 Å². The molecule has 0 fully saturated rings. The highest BCUT2D eigenvalue weighted by Gasteiger charge is 2.28. The van der Waals surface area contributed by atoms with Crippen LogP contribution in [0, 0.1) is 0 Å². The van der Waals surface area contributed by atoms with E-state index in [4.69, 9.17) is 5.73 Å². The molecule has 0 radical (unpaired) electrons. The highest BCUT2D eigenvalue weighted by molar-refractivity contribution is 5.77. The molecule has 0 saturated heterocycles. The standard InChI is InChI=1S/C5H6N4O/c6-5(10)9(3-1-7-3)4-2-8-4/h1-2,7-8H,(H2,6,10). The van der Waals surface area contributed by atoms with Gasteiger partial charge in [-0.1, -0.05) is 0 Å². The lowest BCUT2D eigenvalue weighted by molar-refractivity contribution is 0.231. The monoisotopic (exact) mass is 138 g/mol. The summed E-state index contributed by atoms with van der Waals surface area (Å²) in [6, 6.07) is -0.479. The van der Waals surface area contributed by atoms with Crippen molar-refractivity contribution < 1.29 is 4.79 Å². The number of hydrogen-bond donors (Lipinski definition) is 3. The predicted molar refractivity (Wildman–Crippen MR) is 33.9 cm³/mol. The predicted octanol–water partition coefficient (Wildman–Crippen LogP) is -0.829. The highest BCUT2D eigenvalue weighted by Crippen LogP contribution is 2.19. The van der Waals surface area contributed by atoms with Gasteiger partial charge in [-0.05, 0) is 0 Å². The third-order valence-corrected chi connectivity index (χ3v) is 1.25. The van der Waals surface area contributed by atoms with Crippen molar-refractivity contribution in [2.45, 2.75) is 0 Å². The Morgan fingerprint density at radius 3 is 2.00 bits per heavy atom. The van der Waals surface area contributed by atoms with Gasteiger partial charge in [-0.25, -0.2) is 9.69 Å². The first kappa shape index (κ1) is 5.16. The number of carbonyl (C=O) groups is 1. The van der Waals surface area contributed by atoms with Gasteiger partial charge in [-0.15, -0.1) is 0 Å². The number of carbonyl (C=O) groups excluding carboxylic acids is 1. The Morgan fingerprint density at radius 2 is 1.80 bits per heavy atom. The summed E-state index contributed by atoms with van der Waals surface area (Å²) in [6.45, 7) is 0. The summed E-state index contributed by atoms with van der Waals surface area (Å²) in [6.07, 6.45) is 3.40. The zero-order valence-corrected chi connectivity index (χ0v) is 5.09. The third-order valence-electron chi connectivity index (χ3n) is 1.25. The third kappa shape index (κ3) is 0.680. The summed E-state index contributed by atoms with van der Waals surface area (Å²) in [5, 5.41) is 5.55. The van der Waals surface area contributed by atoms with Crippen molar-refractivity contribution in [3.05, 3.63) is 24.0 Å². The Labute approximate surface area is 57.2 Å². The van der Waals surface area contributed by atoms with Crippen LogP contribution in [0.1, 0.15) is 0 Å². The zero-order chi connectivity index (χ0) is 7.14. The van der Waals surface area contributed by atoms with E-state index in [1.807, 2.05) is 0 Å². The second-order valence-corrected chi connectivity index (χ2v) is 2.02. The second-order valence-electron chi connectivity index (χ2n) is 2.02. The maximum Gasteiger partial charge on any atom is 0.326 e.